The van der Waals surface area contributed by atoms with Crippen molar-refractivity contribution in [2.45, 2.75) is 17.9 Å². The highest BCUT2D eigenvalue weighted by Crippen LogP contribution is 2.24. The van der Waals surface area contributed by atoms with E-state index in [1.54, 1.807) is 6.92 Å². The Morgan fingerprint density at radius 1 is 1.50 bits per heavy atom. The van der Waals surface area contributed by atoms with Crippen molar-refractivity contribution in [3.8, 4) is 0 Å². The van der Waals surface area contributed by atoms with E-state index >= 15 is 0 Å². The fourth-order valence-corrected chi connectivity index (χ4v) is 3.10. The predicted octanol–water partition coefficient (Wildman–Crippen LogP) is 0.622. The first kappa shape index (κ1) is 16.4. The smallest absolute Gasteiger partial charge is 0.335 e. The largest absolute Gasteiger partial charge is 0.478 e. The fraction of sp³-hybridized carbons (Fsp3) is 0.417. The number of nitrogens with zero attached hydrogens (tertiary/aromatic N) is 1. The van der Waals surface area contributed by atoms with E-state index in [9.17, 15) is 13.2 Å². The average Bonchev–Trinajstić information content (AvgIpc) is 2.37. The number of rotatable bonds is 6. The molecule has 1 unspecified atom stereocenters. The van der Waals surface area contributed by atoms with Gasteiger partial charge in [0.2, 0.25) is 10.0 Å². The van der Waals surface area contributed by atoms with Gasteiger partial charge in [0.05, 0.1) is 17.9 Å². The number of carbonyl (C=O) groups is 1. The third-order valence-electron chi connectivity index (χ3n) is 2.94. The Bertz CT molecular complexity index is 600. The normalized spacial score (nSPS) is 13.4. The molecule has 112 valence electrons. The lowest BCUT2D eigenvalue weighted by Gasteiger charge is -2.24. The molecule has 0 aliphatic carbocycles. The van der Waals surface area contributed by atoms with Gasteiger partial charge in [0.25, 0.3) is 0 Å². The highest BCUT2D eigenvalue weighted by Gasteiger charge is 2.27. The summed E-state index contributed by atoms with van der Waals surface area (Å²) in [5.41, 5.74) is 5.50. The molecule has 7 nitrogen and oxygen atoms in total. The number of hydrogen-bond acceptors (Lipinski definition) is 5. The van der Waals surface area contributed by atoms with Crippen molar-refractivity contribution in [3.63, 3.8) is 0 Å². The molecule has 0 saturated carbocycles. The molecule has 8 heteroatoms. The Morgan fingerprint density at radius 2 is 2.10 bits per heavy atom. The van der Waals surface area contributed by atoms with Crippen molar-refractivity contribution in [2.75, 3.05) is 26.5 Å². The van der Waals surface area contributed by atoms with E-state index in [2.05, 4.69) is 0 Å². The second-order valence-electron chi connectivity index (χ2n) is 4.38. The summed E-state index contributed by atoms with van der Waals surface area (Å²) in [5.74, 6) is -1.17. The number of nitrogens with two attached hydrogens (primary N) is 1. The van der Waals surface area contributed by atoms with E-state index in [1.807, 2.05) is 0 Å². The van der Waals surface area contributed by atoms with E-state index in [1.165, 1.54) is 26.3 Å². The van der Waals surface area contributed by atoms with Crippen LogP contribution in [-0.2, 0) is 14.8 Å². The molecule has 1 aromatic carbocycles. The summed E-state index contributed by atoms with van der Waals surface area (Å²) in [6.07, 6.45) is 0. The van der Waals surface area contributed by atoms with Gasteiger partial charge in [-0.3, -0.25) is 0 Å². The second-order valence-corrected chi connectivity index (χ2v) is 6.35. The van der Waals surface area contributed by atoms with Gasteiger partial charge >= 0.3 is 5.97 Å². The van der Waals surface area contributed by atoms with Crippen LogP contribution in [0.25, 0.3) is 0 Å². The number of carboxylic acid groups (broad SMARTS) is 1. The van der Waals surface area contributed by atoms with Gasteiger partial charge in [-0.1, -0.05) is 0 Å². The van der Waals surface area contributed by atoms with Crippen LogP contribution in [0.5, 0.6) is 0 Å². The van der Waals surface area contributed by atoms with E-state index in [-0.39, 0.29) is 28.8 Å². The van der Waals surface area contributed by atoms with E-state index in [0.717, 1.165) is 10.4 Å². The lowest BCUT2D eigenvalue weighted by atomic mass is 10.2. The molecule has 0 fully saturated rings. The zero-order chi connectivity index (χ0) is 15.5. The van der Waals surface area contributed by atoms with Gasteiger partial charge in [0, 0.05) is 20.2 Å². The maximum Gasteiger partial charge on any atom is 0.335 e. The second kappa shape index (κ2) is 6.21. The molecule has 0 spiro atoms. The molecule has 0 aliphatic heterocycles. The zero-order valence-corrected chi connectivity index (χ0v) is 12.3. The number of likely N-dealkylation sites (N-methyl/N-ethyl adjacent to an activating group) is 1. The number of nitrogen functional groups attached to an aromatic ring is 1. The topological polar surface area (TPSA) is 110 Å². The lowest BCUT2D eigenvalue weighted by Crippen LogP contribution is -2.38. The van der Waals surface area contributed by atoms with E-state index < -0.39 is 16.0 Å². The highest BCUT2D eigenvalue weighted by molar-refractivity contribution is 7.89. The first-order valence-electron chi connectivity index (χ1n) is 5.81. The quantitative estimate of drug-likeness (QED) is 0.745. The summed E-state index contributed by atoms with van der Waals surface area (Å²) in [7, 11) is -0.899. The van der Waals surface area contributed by atoms with Crippen LogP contribution < -0.4 is 5.73 Å². The third-order valence-corrected chi connectivity index (χ3v) is 4.99. The summed E-state index contributed by atoms with van der Waals surface area (Å²) < 4.78 is 30.8. The maximum atomic E-state index is 12.4. The molecule has 0 aromatic heterocycles. The van der Waals surface area contributed by atoms with Gasteiger partial charge in [-0.25, -0.2) is 13.2 Å². The molecule has 20 heavy (non-hydrogen) atoms. The van der Waals surface area contributed by atoms with Crippen LogP contribution >= 0.6 is 0 Å². The summed E-state index contributed by atoms with van der Waals surface area (Å²) in [6, 6.07) is 3.16. The Labute approximate surface area is 118 Å². The molecule has 0 amide bonds. The molecule has 0 radical (unpaired) electrons. The number of hydrogen-bond donors (Lipinski definition) is 2. The van der Waals surface area contributed by atoms with Crippen LogP contribution in [-0.4, -0.2) is 50.6 Å². The Kier molecular flexibility index (Phi) is 5.09. The predicted molar refractivity (Wildman–Crippen MR) is 74.1 cm³/mol. The summed E-state index contributed by atoms with van der Waals surface area (Å²) in [4.78, 5) is 10.7. The van der Waals surface area contributed by atoms with Crippen LogP contribution in [0.4, 0.5) is 5.69 Å². The van der Waals surface area contributed by atoms with Crippen LogP contribution in [0.15, 0.2) is 23.1 Å². The minimum atomic E-state index is -3.80. The number of aromatic carboxylic acids is 1. The Hall–Kier alpha value is -1.64. The molecule has 1 rings (SSSR count). The first-order chi connectivity index (χ1) is 9.21. The van der Waals surface area contributed by atoms with E-state index in [0.29, 0.717) is 0 Å². The molecule has 0 saturated heterocycles. The van der Waals surface area contributed by atoms with Crippen molar-refractivity contribution in [3.05, 3.63) is 23.8 Å². The van der Waals surface area contributed by atoms with Crippen molar-refractivity contribution in [2.24, 2.45) is 0 Å². The summed E-state index contributed by atoms with van der Waals surface area (Å²) in [5, 5.41) is 8.84. The Morgan fingerprint density at radius 3 is 2.55 bits per heavy atom. The van der Waals surface area contributed by atoms with Crippen LogP contribution in [0.2, 0.25) is 0 Å². The van der Waals surface area contributed by atoms with Gasteiger partial charge in [-0.2, -0.15) is 4.31 Å². The maximum absolute atomic E-state index is 12.4. The summed E-state index contributed by atoms with van der Waals surface area (Å²) >= 11 is 0. The van der Waals surface area contributed by atoms with Crippen LogP contribution in [0.3, 0.4) is 0 Å². The highest BCUT2D eigenvalue weighted by atomic mass is 32.2. The van der Waals surface area contributed by atoms with Crippen molar-refractivity contribution >= 4 is 21.7 Å². The lowest BCUT2D eigenvalue weighted by molar-refractivity contribution is 0.0697. The minimum absolute atomic E-state index is 0.0611. The van der Waals surface area contributed by atoms with E-state index in [4.69, 9.17) is 15.6 Å². The zero-order valence-electron chi connectivity index (χ0n) is 11.5. The average molecular weight is 302 g/mol. The molecule has 0 bridgehead atoms. The van der Waals surface area contributed by atoms with Crippen molar-refractivity contribution < 1.29 is 23.1 Å². The molecule has 0 aliphatic rings. The number of methoxy groups -OCH3 is 1. The van der Waals surface area contributed by atoms with Gasteiger partial charge in [-0.15, -0.1) is 0 Å². The molecule has 0 heterocycles. The standard InChI is InChI=1S/C12H18N2O5S/c1-8(7-19-3)14(2)20(17,18)11-5-4-9(12(15)16)6-10(11)13/h4-6,8H,7,13H2,1-3H3,(H,15,16). The third kappa shape index (κ3) is 3.27. The van der Waals surface area contributed by atoms with Crippen LogP contribution in [0, 0.1) is 0 Å². The number of carboxylic acids is 1. The first-order valence-corrected chi connectivity index (χ1v) is 7.25. The number of ether oxygens (including phenoxy) is 1. The van der Waals surface area contributed by atoms with Gasteiger partial charge in [-0.05, 0) is 25.1 Å². The monoisotopic (exact) mass is 302 g/mol. The SMILES string of the molecule is COCC(C)N(C)S(=O)(=O)c1ccc(C(=O)O)cc1N. The van der Waals surface area contributed by atoms with Gasteiger partial charge < -0.3 is 15.6 Å². The molecule has 1 aromatic rings. The van der Waals surface area contributed by atoms with Crippen molar-refractivity contribution in [1.29, 1.82) is 0 Å². The summed E-state index contributed by atoms with van der Waals surface area (Å²) in [6.45, 7) is 1.94. The van der Waals surface area contributed by atoms with Gasteiger partial charge in [0.1, 0.15) is 4.90 Å². The molecule has 3 N–H and O–H groups in total. The van der Waals surface area contributed by atoms with Crippen LogP contribution in [0.1, 0.15) is 17.3 Å². The minimum Gasteiger partial charge on any atom is -0.478 e. The number of benzene rings is 1. The Balaban J connectivity index is 3.19. The molecular formula is C12H18N2O5S. The molecular weight excluding hydrogens is 284 g/mol. The molecule has 1 atom stereocenters. The fourth-order valence-electron chi connectivity index (χ4n) is 1.65. The number of anilines is 1. The van der Waals surface area contributed by atoms with Crippen molar-refractivity contribution in [1.82, 2.24) is 4.31 Å². The number of sulfonamides is 1. The van der Waals surface area contributed by atoms with Gasteiger partial charge in [0.15, 0.2) is 0 Å².